The molecule has 0 amide bonds. The van der Waals surface area contributed by atoms with Crippen molar-refractivity contribution in [3.8, 4) is 0 Å². The van der Waals surface area contributed by atoms with Crippen molar-refractivity contribution in [3.63, 3.8) is 0 Å². The van der Waals surface area contributed by atoms with Crippen LogP contribution < -0.4 is 4.90 Å². The monoisotopic (exact) mass is 267 g/mol. The number of halogens is 1. The van der Waals surface area contributed by atoms with Crippen LogP contribution in [0.25, 0.3) is 0 Å². The molecule has 0 aliphatic rings. The zero-order chi connectivity index (χ0) is 14.4. The quantitative estimate of drug-likeness (QED) is 0.797. The number of benzene rings is 1. The van der Waals surface area contributed by atoms with Gasteiger partial charge in [0.15, 0.2) is 0 Å². The van der Waals surface area contributed by atoms with Crippen LogP contribution in [0.5, 0.6) is 0 Å². The highest BCUT2D eigenvalue weighted by Gasteiger charge is 2.20. The van der Waals surface area contributed by atoms with Gasteiger partial charge in [0.25, 0.3) is 0 Å². The van der Waals surface area contributed by atoms with E-state index in [-0.39, 0.29) is 5.82 Å². The van der Waals surface area contributed by atoms with Crippen LogP contribution in [0.15, 0.2) is 18.2 Å². The van der Waals surface area contributed by atoms with Crippen molar-refractivity contribution in [2.45, 2.75) is 59.1 Å². The molecule has 2 nitrogen and oxygen atoms in total. The van der Waals surface area contributed by atoms with Crippen molar-refractivity contribution in [1.29, 1.82) is 0 Å². The zero-order valence-corrected chi connectivity index (χ0v) is 12.5. The van der Waals surface area contributed by atoms with Gasteiger partial charge in [-0.1, -0.05) is 26.3 Å². The van der Waals surface area contributed by atoms with Crippen LogP contribution >= 0.6 is 0 Å². The molecule has 1 aromatic rings. The van der Waals surface area contributed by atoms with Gasteiger partial charge in [-0.15, -0.1) is 0 Å². The molecule has 0 radical (unpaired) electrons. The maximum absolute atomic E-state index is 14.0. The van der Waals surface area contributed by atoms with Gasteiger partial charge in [-0.25, -0.2) is 4.39 Å². The van der Waals surface area contributed by atoms with Gasteiger partial charge in [-0.2, -0.15) is 0 Å². The normalized spacial score (nSPS) is 14.2. The van der Waals surface area contributed by atoms with Crippen LogP contribution in [-0.2, 0) is 0 Å². The lowest BCUT2D eigenvalue weighted by Gasteiger charge is -2.33. The Morgan fingerprint density at radius 2 is 1.95 bits per heavy atom. The Balaban J connectivity index is 3.17. The summed E-state index contributed by atoms with van der Waals surface area (Å²) in [4.78, 5) is 2.22. The predicted octanol–water partition coefficient (Wildman–Crippen LogP) is 4.28. The van der Waals surface area contributed by atoms with Crippen LogP contribution in [0.2, 0.25) is 0 Å². The molecule has 1 rings (SSSR count). The molecule has 0 bridgehead atoms. The summed E-state index contributed by atoms with van der Waals surface area (Å²) >= 11 is 0. The molecular formula is C16H26FNO. The van der Waals surface area contributed by atoms with Crippen molar-refractivity contribution >= 4 is 5.69 Å². The van der Waals surface area contributed by atoms with Crippen molar-refractivity contribution < 1.29 is 9.50 Å². The third-order valence-electron chi connectivity index (χ3n) is 3.63. The molecule has 1 aromatic carbocycles. The minimum absolute atomic E-state index is 0.322. The van der Waals surface area contributed by atoms with Crippen LogP contribution in [0, 0.1) is 5.82 Å². The fourth-order valence-electron chi connectivity index (χ4n) is 2.32. The summed E-state index contributed by atoms with van der Waals surface area (Å²) in [5, 5.41) is 9.85. The maximum Gasteiger partial charge on any atom is 0.131 e. The number of aliphatic hydroxyl groups excluding tert-OH is 1. The van der Waals surface area contributed by atoms with E-state index >= 15 is 0 Å². The first kappa shape index (κ1) is 16.0. The van der Waals surface area contributed by atoms with Crippen molar-refractivity contribution in [2.24, 2.45) is 0 Å². The molecule has 19 heavy (non-hydrogen) atoms. The Hall–Kier alpha value is -1.09. The Bertz CT molecular complexity index is 392. The summed E-state index contributed by atoms with van der Waals surface area (Å²) in [6, 6.07) is 5.39. The number of rotatable bonds is 7. The smallest absolute Gasteiger partial charge is 0.131 e. The Labute approximate surface area is 116 Å². The van der Waals surface area contributed by atoms with Gasteiger partial charge in [0.05, 0.1) is 6.10 Å². The number of hydrogen-bond acceptors (Lipinski definition) is 2. The Morgan fingerprint density at radius 1 is 1.26 bits per heavy atom. The van der Waals surface area contributed by atoms with Gasteiger partial charge in [0.2, 0.25) is 0 Å². The average molecular weight is 267 g/mol. The molecule has 2 atom stereocenters. The van der Waals surface area contributed by atoms with E-state index < -0.39 is 6.10 Å². The first-order chi connectivity index (χ1) is 9.02. The van der Waals surface area contributed by atoms with E-state index in [1.165, 1.54) is 6.07 Å². The summed E-state index contributed by atoms with van der Waals surface area (Å²) in [6.07, 6.45) is 2.38. The fraction of sp³-hybridized carbons (Fsp3) is 0.625. The maximum atomic E-state index is 14.0. The topological polar surface area (TPSA) is 23.5 Å². The number of nitrogens with zero attached hydrogens (tertiary/aromatic N) is 1. The lowest BCUT2D eigenvalue weighted by Crippen LogP contribution is -2.34. The molecule has 0 saturated heterocycles. The van der Waals surface area contributed by atoms with E-state index in [0.29, 0.717) is 11.6 Å². The van der Waals surface area contributed by atoms with Crippen LogP contribution in [0.1, 0.15) is 58.6 Å². The highest BCUT2D eigenvalue weighted by Crippen LogP contribution is 2.31. The van der Waals surface area contributed by atoms with E-state index in [1.807, 2.05) is 6.07 Å². The molecule has 1 unspecified atom stereocenters. The fourth-order valence-corrected chi connectivity index (χ4v) is 2.32. The molecular weight excluding hydrogens is 241 g/mol. The van der Waals surface area contributed by atoms with Gasteiger partial charge >= 0.3 is 0 Å². The van der Waals surface area contributed by atoms with Crippen LogP contribution in [-0.4, -0.2) is 17.7 Å². The molecule has 0 saturated carbocycles. The third kappa shape index (κ3) is 3.93. The molecule has 3 heteroatoms. The minimum Gasteiger partial charge on any atom is -0.389 e. The van der Waals surface area contributed by atoms with E-state index in [0.717, 1.165) is 31.5 Å². The lowest BCUT2D eigenvalue weighted by atomic mass is 10.0. The van der Waals surface area contributed by atoms with E-state index in [9.17, 15) is 9.50 Å². The van der Waals surface area contributed by atoms with Crippen LogP contribution in [0.3, 0.4) is 0 Å². The van der Waals surface area contributed by atoms with Gasteiger partial charge in [0, 0.05) is 23.8 Å². The number of aliphatic hydroxyl groups is 1. The molecule has 0 fully saturated rings. The molecule has 0 aromatic heterocycles. The SMILES string of the molecule is CCCCN(c1cccc(F)c1[C@H](C)O)C(C)CC. The molecule has 0 spiro atoms. The molecule has 108 valence electrons. The van der Waals surface area contributed by atoms with Gasteiger partial charge in [0.1, 0.15) is 5.82 Å². The average Bonchev–Trinajstić information content (AvgIpc) is 2.38. The standard InChI is InChI=1S/C16H26FNO/c1-5-7-11-18(12(3)6-2)15-10-8-9-14(17)16(15)13(4)19/h8-10,12-13,19H,5-7,11H2,1-4H3/t12?,13-/m0/s1. The molecule has 0 aliphatic heterocycles. The second-order valence-electron chi connectivity index (χ2n) is 5.15. The largest absolute Gasteiger partial charge is 0.389 e. The third-order valence-corrected chi connectivity index (χ3v) is 3.63. The van der Waals surface area contributed by atoms with Gasteiger partial charge in [-0.3, -0.25) is 0 Å². The Morgan fingerprint density at radius 3 is 2.47 bits per heavy atom. The van der Waals surface area contributed by atoms with Crippen LogP contribution in [0.4, 0.5) is 10.1 Å². The highest BCUT2D eigenvalue weighted by molar-refractivity contribution is 5.55. The highest BCUT2D eigenvalue weighted by atomic mass is 19.1. The zero-order valence-electron chi connectivity index (χ0n) is 12.5. The van der Waals surface area contributed by atoms with Gasteiger partial charge < -0.3 is 10.0 Å². The number of hydrogen-bond donors (Lipinski definition) is 1. The van der Waals surface area contributed by atoms with E-state index in [2.05, 4.69) is 25.7 Å². The second-order valence-corrected chi connectivity index (χ2v) is 5.15. The molecule has 1 N–H and O–H groups in total. The Kier molecular flexibility index (Phi) is 6.29. The van der Waals surface area contributed by atoms with Crippen molar-refractivity contribution in [2.75, 3.05) is 11.4 Å². The first-order valence-corrected chi connectivity index (χ1v) is 7.26. The van der Waals surface area contributed by atoms with Crippen molar-refractivity contribution in [3.05, 3.63) is 29.6 Å². The van der Waals surface area contributed by atoms with Gasteiger partial charge in [-0.05, 0) is 38.8 Å². The predicted molar refractivity (Wildman–Crippen MR) is 79.0 cm³/mol. The van der Waals surface area contributed by atoms with Crippen molar-refractivity contribution in [1.82, 2.24) is 0 Å². The van der Waals surface area contributed by atoms with E-state index in [4.69, 9.17) is 0 Å². The number of unbranched alkanes of at least 4 members (excludes halogenated alkanes) is 1. The molecule has 0 aliphatic carbocycles. The summed E-state index contributed by atoms with van der Waals surface area (Å²) in [5.41, 5.74) is 1.25. The second kappa shape index (κ2) is 7.49. The summed E-state index contributed by atoms with van der Waals surface area (Å²) in [6.45, 7) is 8.94. The first-order valence-electron chi connectivity index (χ1n) is 7.26. The van der Waals surface area contributed by atoms with E-state index in [1.54, 1.807) is 13.0 Å². The lowest BCUT2D eigenvalue weighted by molar-refractivity contribution is 0.194. The molecule has 0 heterocycles. The summed E-state index contributed by atoms with van der Waals surface area (Å²) in [7, 11) is 0. The summed E-state index contributed by atoms with van der Waals surface area (Å²) in [5.74, 6) is -0.322. The minimum atomic E-state index is -0.788. The summed E-state index contributed by atoms with van der Waals surface area (Å²) < 4.78 is 14.0. The number of anilines is 1.